The van der Waals surface area contributed by atoms with E-state index in [2.05, 4.69) is 5.16 Å². The highest BCUT2D eigenvalue weighted by Gasteiger charge is 2.07. The number of oxime groups is 1. The van der Waals surface area contributed by atoms with Gasteiger partial charge in [-0.05, 0) is 31.4 Å². The molecule has 0 fully saturated rings. The minimum atomic E-state index is 0.752. The highest BCUT2D eigenvalue weighted by molar-refractivity contribution is 6.02. The van der Waals surface area contributed by atoms with Crippen molar-refractivity contribution in [3.8, 4) is 0 Å². The molecule has 0 saturated heterocycles. The van der Waals surface area contributed by atoms with Gasteiger partial charge in [-0.25, -0.2) is 0 Å². The highest BCUT2D eigenvalue weighted by atomic mass is 16.4. The van der Waals surface area contributed by atoms with Crippen LogP contribution in [0.4, 0.5) is 0 Å². The number of aryl methyl sites for hydroxylation is 2. The molecule has 70 valence electrons. The maximum atomic E-state index is 8.82. The number of rotatable bonds is 2. The molecule has 0 atom stereocenters. The molecule has 0 saturated carbocycles. The molecule has 0 aliphatic heterocycles. The summed E-state index contributed by atoms with van der Waals surface area (Å²) in [5.74, 6) is 0. The van der Waals surface area contributed by atoms with Crippen molar-refractivity contribution in [2.24, 2.45) is 5.16 Å². The van der Waals surface area contributed by atoms with Crippen molar-refractivity contribution >= 4 is 5.71 Å². The fraction of sp³-hybridized carbons (Fsp3) is 0.364. The monoisotopic (exact) mass is 177 g/mol. The second-order valence-electron chi connectivity index (χ2n) is 3.17. The lowest BCUT2D eigenvalue weighted by atomic mass is 9.97. The van der Waals surface area contributed by atoms with Crippen molar-refractivity contribution in [1.82, 2.24) is 0 Å². The second kappa shape index (κ2) is 4.08. The van der Waals surface area contributed by atoms with E-state index in [0.717, 1.165) is 28.8 Å². The van der Waals surface area contributed by atoms with Crippen molar-refractivity contribution in [2.75, 3.05) is 0 Å². The van der Waals surface area contributed by atoms with Gasteiger partial charge < -0.3 is 5.21 Å². The predicted molar refractivity (Wildman–Crippen MR) is 54.5 cm³/mol. The van der Waals surface area contributed by atoms with Gasteiger partial charge in [0, 0.05) is 5.56 Å². The van der Waals surface area contributed by atoms with E-state index in [0.29, 0.717) is 0 Å². The van der Waals surface area contributed by atoms with Gasteiger partial charge in [-0.1, -0.05) is 30.3 Å². The highest BCUT2D eigenvalue weighted by Crippen LogP contribution is 2.15. The van der Waals surface area contributed by atoms with Crippen LogP contribution in [-0.4, -0.2) is 10.9 Å². The smallest absolute Gasteiger partial charge is 0.0870 e. The van der Waals surface area contributed by atoms with Crippen LogP contribution in [0.15, 0.2) is 23.4 Å². The Morgan fingerprint density at radius 2 is 1.85 bits per heavy atom. The van der Waals surface area contributed by atoms with Gasteiger partial charge in [-0.15, -0.1) is 0 Å². The average molecular weight is 177 g/mol. The molecule has 1 N–H and O–H groups in total. The van der Waals surface area contributed by atoms with Crippen LogP contribution in [0.25, 0.3) is 0 Å². The first kappa shape index (κ1) is 9.78. The van der Waals surface area contributed by atoms with Crippen LogP contribution in [0.2, 0.25) is 0 Å². The maximum absolute atomic E-state index is 8.82. The summed E-state index contributed by atoms with van der Waals surface area (Å²) in [6, 6.07) is 6.07. The van der Waals surface area contributed by atoms with Gasteiger partial charge in [0.2, 0.25) is 0 Å². The quantitative estimate of drug-likeness (QED) is 0.420. The van der Waals surface area contributed by atoms with E-state index in [1.165, 1.54) is 0 Å². The van der Waals surface area contributed by atoms with Gasteiger partial charge in [-0.3, -0.25) is 0 Å². The fourth-order valence-electron chi connectivity index (χ4n) is 1.57. The van der Waals surface area contributed by atoms with E-state index in [-0.39, 0.29) is 0 Å². The summed E-state index contributed by atoms with van der Waals surface area (Å²) in [6.07, 6.45) is 0.752. The molecule has 0 bridgehead atoms. The molecule has 0 radical (unpaired) electrons. The number of benzene rings is 1. The van der Waals surface area contributed by atoms with E-state index in [4.69, 9.17) is 5.21 Å². The zero-order valence-corrected chi connectivity index (χ0v) is 8.33. The van der Waals surface area contributed by atoms with E-state index >= 15 is 0 Å². The van der Waals surface area contributed by atoms with E-state index < -0.39 is 0 Å². The molecule has 0 amide bonds. The predicted octanol–water partition coefficient (Wildman–Crippen LogP) is 2.89. The van der Waals surface area contributed by atoms with Gasteiger partial charge in [0.05, 0.1) is 5.71 Å². The Labute approximate surface area is 78.9 Å². The van der Waals surface area contributed by atoms with Crippen LogP contribution < -0.4 is 0 Å². The van der Waals surface area contributed by atoms with Crippen LogP contribution in [0.1, 0.15) is 30.0 Å². The number of hydrogen-bond acceptors (Lipinski definition) is 2. The van der Waals surface area contributed by atoms with Crippen LogP contribution in [-0.2, 0) is 0 Å². The molecule has 0 aliphatic carbocycles. The molecule has 0 heterocycles. The Morgan fingerprint density at radius 3 is 2.23 bits per heavy atom. The molecular weight excluding hydrogens is 162 g/mol. The Balaban J connectivity index is 3.27. The lowest BCUT2D eigenvalue weighted by molar-refractivity contribution is 0.318. The third-order valence-electron chi connectivity index (χ3n) is 2.23. The summed E-state index contributed by atoms with van der Waals surface area (Å²) in [6.45, 7) is 6.05. The molecule has 0 aromatic heterocycles. The lowest BCUT2D eigenvalue weighted by Crippen LogP contribution is -2.04. The Hall–Kier alpha value is -1.31. The zero-order chi connectivity index (χ0) is 9.84. The van der Waals surface area contributed by atoms with Crippen LogP contribution in [0.5, 0.6) is 0 Å². The third-order valence-corrected chi connectivity index (χ3v) is 2.23. The van der Waals surface area contributed by atoms with Gasteiger partial charge >= 0.3 is 0 Å². The van der Waals surface area contributed by atoms with Crippen molar-refractivity contribution in [3.05, 3.63) is 34.9 Å². The molecule has 0 spiro atoms. The summed E-state index contributed by atoms with van der Waals surface area (Å²) >= 11 is 0. The number of hydrogen-bond donors (Lipinski definition) is 1. The second-order valence-corrected chi connectivity index (χ2v) is 3.17. The fourth-order valence-corrected chi connectivity index (χ4v) is 1.57. The first-order valence-corrected chi connectivity index (χ1v) is 4.48. The molecule has 2 nitrogen and oxygen atoms in total. The molecule has 1 aromatic rings. The van der Waals surface area contributed by atoms with Gasteiger partial charge in [0.15, 0.2) is 0 Å². The van der Waals surface area contributed by atoms with E-state index in [1.807, 2.05) is 39.0 Å². The normalized spacial score (nSPS) is 11.8. The maximum Gasteiger partial charge on any atom is 0.0870 e. The van der Waals surface area contributed by atoms with Crippen molar-refractivity contribution in [2.45, 2.75) is 27.2 Å². The minimum Gasteiger partial charge on any atom is -0.411 e. The van der Waals surface area contributed by atoms with E-state index in [9.17, 15) is 0 Å². The van der Waals surface area contributed by atoms with Gasteiger partial charge in [0.25, 0.3) is 0 Å². The van der Waals surface area contributed by atoms with Gasteiger partial charge in [0.1, 0.15) is 0 Å². The average Bonchev–Trinajstić information content (AvgIpc) is 2.11. The summed E-state index contributed by atoms with van der Waals surface area (Å²) < 4.78 is 0. The van der Waals surface area contributed by atoms with Crippen LogP contribution in [0.3, 0.4) is 0 Å². The number of nitrogens with zero attached hydrogens (tertiary/aromatic N) is 1. The largest absolute Gasteiger partial charge is 0.411 e. The molecule has 0 aliphatic rings. The summed E-state index contributed by atoms with van der Waals surface area (Å²) in [4.78, 5) is 0. The van der Waals surface area contributed by atoms with Gasteiger partial charge in [-0.2, -0.15) is 0 Å². The third kappa shape index (κ3) is 1.89. The lowest BCUT2D eigenvalue weighted by Gasteiger charge is -2.09. The van der Waals surface area contributed by atoms with Crippen molar-refractivity contribution in [3.63, 3.8) is 0 Å². The molecule has 1 rings (SSSR count). The van der Waals surface area contributed by atoms with E-state index in [1.54, 1.807) is 0 Å². The standard InChI is InChI=1S/C11H15NO/c1-4-10(12-13)11-8(2)6-5-7-9(11)3/h5-7,13H,4H2,1-3H3/b12-10-. The Kier molecular flexibility index (Phi) is 3.07. The topological polar surface area (TPSA) is 32.6 Å². The summed E-state index contributed by atoms with van der Waals surface area (Å²) in [7, 11) is 0. The molecule has 1 aromatic carbocycles. The zero-order valence-electron chi connectivity index (χ0n) is 8.33. The molecule has 0 unspecified atom stereocenters. The van der Waals surface area contributed by atoms with Crippen molar-refractivity contribution < 1.29 is 5.21 Å². The molecular formula is C11H15NO. The summed E-state index contributed by atoms with van der Waals surface area (Å²) in [5.41, 5.74) is 4.16. The molecule has 2 heteroatoms. The molecule has 13 heavy (non-hydrogen) atoms. The Morgan fingerprint density at radius 1 is 1.31 bits per heavy atom. The van der Waals surface area contributed by atoms with Crippen LogP contribution >= 0.6 is 0 Å². The van der Waals surface area contributed by atoms with Crippen LogP contribution in [0, 0.1) is 13.8 Å². The Bertz CT molecular complexity index is 309. The first-order chi connectivity index (χ1) is 6.20. The SMILES string of the molecule is CC/C(=N/O)c1c(C)cccc1C. The summed E-state index contributed by atoms with van der Waals surface area (Å²) in [5, 5.41) is 12.1. The minimum absolute atomic E-state index is 0.752. The first-order valence-electron chi connectivity index (χ1n) is 4.48. The van der Waals surface area contributed by atoms with Crippen molar-refractivity contribution in [1.29, 1.82) is 0 Å².